The average molecular weight is 326 g/mol. The van der Waals surface area contributed by atoms with Gasteiger partial charge in [-0.2, -0.15) is 0 Å². The van der Waals surface area contributed by atoms with Crippen molar-refractivity contribution >= 4 is 27.3 Å². The summed E-state index contributed by atoms with van der Waals surface area (Å²) in [5.74, 6) is 0.969. The van der Waals surface area contributed by atoms with E-state index in [-0.39, 0.29) is 6.04 Å². The molecule has 2 nitrogen and oxygen atoms in total. The van der Waals surface area contributed by atoms with Gasteiger partial charge in [0.15, 0.2) is 0 Å². The first-order chi connectivity index (χ1) is 8.79. The summed E-state index contributed by atoms with van der Waals surface area (Å²) in [5, 5.41) is 3.36. The van der Waals surface area contributed by atoms with Crippen LogP contribution in [0.2, 0.25) is 0 Å². The highest BCUT2D eigenvalue weighted by Crippen LogP contribution is 2.37. The van der Waals surface area contributed by atoms with Crippen molar-refractivity contribution in [2.45, 2.75) is 31.7 Å². The quantitative estimate of drug-likeness (QED) is 0.910. The fourth-order valence-electron chi connectivity index (χ4n) is 2.57. The lowest BCUT2D eigenvalue weighted by Gasteiger charge is -2.12. The zero-order valence-electron chi connectivity index (χ0n) is 10.3. The monoisotopic (exact) mass is 325 g/mol. The first-order valence-corrected chi connectivity index (χ1v) is 7.92. The Morgan fingerprint density at radius 1 is 1.39 bits per heavy atom. The lowest BCUT2D eigenvalue weighted by Crippen LogP contribution is -2.16. The second-order valence-electron chi connectivity index (χ2n) is 4.66. The highest BCUT2D eigenvalue weighted by molar-refractivity contribution is 9.10. The summed E-state index contributed by atoms with van der Waals surface area (Å²) in [7, 11) is 1.98. The molecule has 96 valence electrons. The van der Waals surface area contributed by atoms with Crippen molar-refractivity contribution in [1.29, 1.82) is 0 Å². The Labute approximate surface area is 120 Å². The van der Waals surface area contributed by atoms with Crippen molar-refractivity contribution < 1.29 is 4.42 Å². The fraction of sp³-hybridized carbons (Fsp3) is 0.429. The van der Waals surface area contributed by atoms with Gasteiger partial charge in [0.25, 0.3) is 0 Å². The molecule has 0 saturated heterocycles. The summed E-state index contributed by atoms with van der Waals surface area (Å²) in [6.07, 6.45) is 6.88. The van der Waals surface area contributed by atoms with Crippen LogP contribution in [0.4, 0.5) is 0 Å². The van der Waals surface area contributed by atoms with Gasteiger partial charge in [0.05, 0.1) is 10.7 Å². The molecule has 0 aliphatic heterocycles. The molecule has 1 aliphatic carbocycles. The third kappa shape index (κ3) is 2.17. The SMILES string of the molecule is CNC(c1cc2c(s1)CCCC2)c1occc1Br. The second kappa shape index (κ2) is 5.19. The third-order valence-electron chi connectivity index (χ3n) is 3.50. The zero-order chi connectivity index (χ0) is 12.5. The van der Waals surface area contributed by atoms with Gasteiger partial charge in [-0.15, -0.1) is 11.3 Å². The van der Waals surface area contributed by atoms with Gasteiger partial charge in [0.1, 0.15) is 11.8 Å². The summed E-state index contributed by atoms with van der Waals surface area (Å²) in [4.78, 5) is 2.93. The van der Waals surface area contributed by atoms with E-state index in [9.17, 15) is 0 Å². The van der Waals surface area contributed by atoms with Gasteiger partial charge < -0.3 is 9.73 Å². The van der Waals surface area contributed by atoms with E-state index in [1.54, 1.807) is 16.7 Å². The second-order valence-corrected chi connectivity index (χ2v) is 6.68. The van der Waals surface area contributed by atoms with Gasteiger partial charge in [-0.1, -0.05) is 0 Å². The maximum Gasteiger partial charge on any atom is 0.140 e. The topological polar surface area (TPSA) is 25.2 Å². The molecular weight excluding hydrogens is 310 g/mol. The van der Waals surface area contributed by atoms with Gasteiger partial charge in [0, 0.05) is 9.75 Å². The van der Waals surface area contributed by atoms with Crippen LogP contribution in [-0.2, 0) is 12.8 Å². The van der Waals surface area contributed by atoms with E-state index < -0.39 is 0 Å². The Bertz CT molecular complexity index is 522. The van der Waals surface area contributed by atoms with Gasteiger partial charge >= 0.3 is 0 Å². The molecule has 3 rings (SSSR count). The van der Waals surface area contributed by atoms with Crippen molar-refractivity contribution in [2.24, 2.45) is 0 Å². The number of hydrogen-bond donors (Lipinski definition) is 1. The average Bonchev–Trinajstić information content (AvgIpc) is 2.97. The molecular formula is C14H16BrNOS. The van der Waals surface area contributed by atoms with E-state index in [1.807, 2.05) is 24.5 Å². The van der Waals surface area contributed by atoms with Gasteiger partial charge in [-0.05, 0) is 66.4 Å². The molecule has 1 unspecified atom stereocenters. The number of rotatable bonds is 3. The Balaban J connectivity index is 1.97. The van der Waals surface area contributed by atoms with Crippen LogP contribution in [0.1, 0.15) is 40.0 Å². The summed E-state index contributed by atoms with van der Waals surface area (Å²) in [6.45, 7) is 0. The Morgan fingerprint density at radius 2 is 2.22 bits per heavy atom. The van der Waals surface area contributed by atoms with Crippen LogP contribution in [-0.4, -0.2) is 7.05 Å². The van der Waals surface area contributed by atoms with Crippen LogP contribution >= 0.6 is 27.3 Å². The van der Waals surface area contributed by atoms with Gasteiger partial charge in [-0.3, -0.25) is 0 Å². The molecule has 0 fully saturated rings. The Kier molecular flexibility index (Phi) is 3.59. The number of furan rings is 1. The molecule has 2 aromatic heterocycles. The molecule has 2 aromatic rings. The smallest absolute Gasteiger partial charge is 0.140 e. The van der Waals surface area contributed by atoms with Gasteiger partial charge in [0.2, 0.25) is 0 Å². The van der Waals surface area contributed by atoms with Crippen LogP contribution in [0.5, 0.6) is 0 Å². The normalized spacial score (nSPS) is 16.6. The molecule has 1 aliphatic rings. The van der Waals surface area contributed by atoms with E-state index in [1.165, 1.54) is 30.6 Å². The minimum Gasteiger partial charge on any atom is -0.466 e. The number of hydrogen-bond acceptors (Lipinski definition) is 3. The van der Waals surface area contributed by atoms with Crippen LogP contribution in [0, 0.1) is 0 Å². The molecule has 4 heteroatoms. The van der Waals surface area contributed by atoms with Crippen LogP contribution in [0.25, 0.3) is 0 Å². The van der Waals surface area contributed by atoms with Crippen molar-refractivity contribution in [3.05, 3.63) is 43.9 Å². The molecule has 1 atom stereocenters. The highest BCUT2D eigenvalue weighted by Gasteiger charge is 2.23. The number of fused-ring (bicyclic) bond motifs is 1. The summed E-state index contributed by atoms with van der Waals surface area (Å²) in [6, 6.07) is 4.47. The predicted molar refractivity (Wildman–Crippen MR) is 78.3 cm³/mol. The van der Waals surface area contributed by atoms with E-state index in [0.717, 1.165) is 10.2 Å². The van der Waals surface area contributed by atoms with Crippen molar-refractivity contribution in [3.8, 4) is 0 Å². The van der Waals surface area contributed by atoms with E-state index >= 15 is 0 Å². The van der Waals surface area contributed by atoms with E-state index in [4.69, 9.17) is 4.42 Å². The molecule has 0 saturated carbocycles. The highest BCUT2D eigenvalue weighted by atomic mass is 79.9. The maximum atomic E-state index is 5.60. The first kappa shape index (κ1) is 12.5. The van der Waals surface area contributed by atoms with E-state index in [0.29, 0.717) is 0 Å². The fourth-order valence-corrected chi connectivity index (χ4v) is 4.37. The molecule has 0 aromatic carbocycles. The Morgan fingerprint density at radius 3 is 2.89 bits per heavy atom. The molecule has 2 heterocycles. The summed E-state index contributed by atoms with van der Waals surface area (Å²) < 4.78 is 6.64. The number of nitrogens with one attached hydrogen (secondary N) is 1. The molecule has 0 spiro atoms. The Hall–Kier alpha value is -0.580. The molecule has 18 heavy (non-hydrogen) atoms. The van der Waals surface area contributed by atoms with Crippen molar-refractivity contribution in [2.75, 3.05) is 7.05 Å². The lowest BCUT2D eigenvalue weighted by molar-refractivity contribution is 0.464. The summed E-state index contributed by atoms with van der Waals surface area (Å²) >= 11 is 5.48. The van der Waals surface area contributed by atoms with Crippen molar-refractivity contribution in [3.63, 3.8) is 0 Å². The lowest BCUT2D eigenvalue weighted by atomic mass is 9.98. The van der Waals surface area contributed by atoms with Crippen molar-refractivity contribution in [1.82, 2.24) is 5.32 Å². The number of thiophene rings is 1. The maximum absolute atomic E-state index is 5.60. The molecule has 0 amide bonds. The molecule has 0 bridgehead atoms. The molecule has 0 radical (unpaired) electrons. The zero-order valence-corrected chi connectivity index (χ0v) is 12.7. The van der Waals surface area contributed by atoms with Crippen LogP contribution in [0.15, 0.2) is 27.3 Å². The minimum atomic E-state index is 0.157. The predicted octanol–water partition coefficient (Wildman–Crippen LogP) is 4.29. The summed E-state index contributed by atoms with van der Waals surface area (Å²) in [5.41, 5.74) is 1.55. The third-order valence-corrected chi connectivity index (χ3v) is 5.45. The van der Waals surface area contributed by atoms with E-state index in [2.05, 4.69) is 27.3 Å². The minimum absolute atomic E-state index is 0.157. The molecule has 1 N–H and O–H groups in total. The van der Waals surface area contributed by atoms with Crippen LogP contribution < -0.4 is 5.32 Å². The number of halogens is 1. The van der Waals surface area contributed by atoms with Gasteiger partial charge in [-0.25, -0.2) is 0 Å². The largest absolute Gasteiger partial charge is 0.466 e. The number of aryl methyl sites for hydroxylation is 2. The standard InChI is InChI=1S/C14H16BrNOS/c1-16-13(14-10(15)6-7-17-14)12-8-9-4-2-3-5-11(9)18-12/h6-8,13,16H,2-5H2,1H3. The van der Waals surface area contributed by atoms with Crippen LogP contribution in [0.3, 0.4) is 0 Å². The first-order valence-electron chi connectivity index (χ1n) is 6.31.